The Morgan fingerprint density at radius 2 is 1.95 bits per heavy atom. The summed E-state index contributed by atoms with van der Waals surface area (Å²) in [6, 6.07) is 4.77. The SMILES string of the molecule is CCC(C)(N)C(=O)Nc1ccc(C)c(S(=O)(=O)N(C)C)c1. The molecule has 21 heavy (non-hydrogen) atoms. The summed E-state index contributed by atoms with van der Waals surface area (Å²) in [6.07, 6.45) is 0.480. The molecule has 0 aliphatic rings. The van der Waals surface area contributed by atoms with Crippen LogP contribution in [0.1, 0.15) is 25.8 Å². The summed E-state index contributed by atoms with van der Waals surface area (Å²) in [7, 11) is -0.623. The van der Waals surface area contributed by atoms with Gasteiger partial charge in [0.25, 0.3) is 0 Å². The van der Waals surface area contributed by atoms with Crippen LogP contribution in [0.3, 0.4) is 0 Å². The zero-order valence-electron chi connectivity index (χ0n) is 13.1. The molecule has 1 aromatic carbocycles. The molecule has 0 saturated carbocycles. The van der Waals surface area contributed by atoms with Crippen LogP contribution in [0.4, 0.5) is 5.69 Å². The summed E-state index contributed by atoms with van der Waals surface area (Å²) in [4.78, 5) is 12.2. The predicted octanol–water partition coefficient (Wildman–Crippen LogP) is 1.31. The van der Waals surface area contributed by atoms with Gasteiger partial charge in [-0.3, -0.25) is 4.79 Å². The highest BCUT2D eigenvalue weighted by atomic mass is 32.2. The van der Waals surface area contributed by atoms with Crippen LogP contribution in [-0.2, 0) is 14.8 Å². The lowest BCUT2D eigenvalue weighted by Crippen LogP contribution is -2.47. The van der Waals surface area contributed by atoms with E-state index in [2.05, 4.69) is 5.32 Å². The van der Waals surface area contributed by atoms with Crippen LogP contribution in [0, 0.1) is 6.92 Å². The standard InChI is InChI=1S/C14H23N3O3S/c1-6-14(3,15)13(18)16-11-8-7-10(2)12(9-11)21(19,20)17(4)5/h7-9H,6,15H2,1-5H3,(H,16,18). The van der Waals surface area contributed by atoms with Crippen LogP contribution in [0.25, 0.3) is 0 Å². The summed E-state index contributed by atoms with van der Waals surface area (Å²) in [5.74, 6) is -0.345. The third-order valence-electron chi connectivity index (χ3n) is 3.46. The molecule has 1 unspecified atom stereocenters. The van der Waals surface area contributed by atoms with Gasteiger partial charge in [-0.1, -0.05) is 13.0 Å². The van der Waals surface area contributed by atoms with E-state index < -0.39 is 15.6 Å². The number of carbonyl (C=O) groups excluding carboxylic acids is 1. The summed E-state index contributed by atoms with van der Waals surface area (Å²) < 4.78 is 25.6. The highest BCUT2D eigenvalue weighted by Crippen LogP contribution is 2.23. The third-order valence-corrected chi connectivity index (χ3v) is 5.41. The van der Waals surface area contributed by atoms with E-state index >= 15 is 0 Å². The van der Waals surface area contributed by atoms with Gasteiger partial charge in [-0.2, -0.15) is 0 Å². The Morgan fingerprint density at radius 1 is 1.38 bits per heavy atom. The molecule has 0 spiro atoms. The van der Waals surface area contributed by atoms with Crippen LogP contribution < -0.4 is 11.1 Å². The fourth-order valence-corrected chi connectivity index (χ4v) is 2.73. The predicted molar refractivity (Wildman–Crippen MR) is 83.6 cm³/mol. The minimum atomic E-state index is -3.56. The second-order valence-corrected chi connectivity index (χ2v) is 7.61. The molecule has 0 fully saturated rings. The van der Waals surface area contributed by atoms with E-state index in [0.717, 1.165) is 4.31 Å². The second-order valence-electron chi connectivity index (χ2n) is 5.49. The Kier molecular flexibility index (Phi) is 5.14. The molecule has 0 aliphatic carbocycles. The first-order valence-corrected chi connectivity index (χ1v) is 8.10. The van der Waals surface area contributed by atoms with Gasteiger partial charge in [0.15, 0.2) is 0 Å². The van der Waals surface area contributed by atoms with Crippen LogP contribution >= 0.6 is 0 Å². The summed E-state index contributed by atoms with van der Waals surface area (Å²) in [5, 5.41) is 2.66. The van der Waals surface area contributed by atoms with E-state index in [1.807, 2.05) is 6.92 Å². The number of hydrogen-bond acceptors (Lipinski definition) is 4. The van der Waals surface area contributed by atoms with Crippen molar-refractivity contribution in [2.24, 2.45) is 5.73 Å². The molecule has 6 nitrogen and oxygen atoms in total. The Morgan fingerprint density at radius 3 is 2.43 bits per heavy atom. The first kappa shape index (κ1) is 17.6. The van der Waals surface area contributed by atoms with Gasteiger partial charge in [-0.05, 0) is 38.0 Å². The lowest BCUT2D eigenvalue weighted by molar-refractivity contribution is -0.120. The fourth-order valence-electron chi connectivity index (χ4n) is 1.59. The molecule has 0 aromatic heterocycles. The smallest absolute Gasteiger partial charge is 0.244 e. The van der Waals surface area contributed by atoms with Crippen molar-refractivity contribution in [1.29, 1.82) is 0 Å². The van der Waals surface area contributed by atoms with Crippen molar-refractivity contribution in [3.63, 3.8) is 0 Å². The minimum absolute atomic E-state index is 0.167. The van der Waals surface area contributed by atoms with Gasteiger partial charge >= 0.3 is 0 Å². The van der Waals surface area contributed by atoms with E-state index in [1.165, 1.54) is 20.2 Å². The van der Waals surface area contributed by atoms with Crippen molar-refractivity contribution in [1.82, 2.24) is 4.31 Å². The fraction of sp³-hybridized carbons (Fsp3) is 0.500. The number of amides is 1. The quantitative estimate of drug-likeness (QED) is 0.857. The molecule has 1 amide bonds. The van der Waals surface area contributed by atoms with Crippen molar-refractivity contribution in [3.8, 4) is 0 Å². The maximum Gasteiger partial charge on any atom is 0.244 e. The van der Waals surface area contributed by atoms with Crippen LogP contribution in [0.15, 0.2) is 23.1 Å². The van der Waals surface area contributed by atoms with Gasteiger partial charge in [0.2, 0.25) is 15.9 Å². The van der Waals surface area contributed by atoms with Crippen LogP contribution in [-0.4, -0.2) is 38.3 Å². The molecule has 7 heteroatoms. The van der Waals surface area contributed by atoms with Gasteiger partial charge in [0.1, 0.15) is 0 Å². The molecule has 118 valence electrons. The highest BCUT2D eigenvalue weighted by Gasteiger charge is 2.27. The van der Waals surface area contributed by atoms with E-state index in [1.54, 1.807) is 26.0 Å². The second kappa shape index (κ2) is 6.13. The molecule has 0 radical (unpaired) electrons. The molecule has 1 aromatic rings. The Labute approximate surface area is 126 Å². The van der Waals surface area contributed by atoms with Gasteiger partial charge in [0.05, 0.1) is 10.4 Å². The Balaban J connectivity index is 3.18. The first-order chi connectivity index (χ1) is 9.52. The maximum atomic E-state index is 12.2. The van der Waals surface area contributed by atoms with E-state index in [9.17, 15) is 13.2 Å². The molecule has 0 bridgehead atoms. The number of nitrogens with zero attached hydrogens (tertiary/aromatic N) is 1. The van der Waals surface area contributed by atoms with Crippen molar-refractivity contribution in [2.45, 2.75) is 37.6 Å². The maximum absolute atomic E-state index is 12.2. The van der Waals surface area contributed by atoms with Gasteiger partial charge in [0, 0.05) is 19.8 Å². The largest absolute Gasteiger partial charge is 0.324 e. The number of nitrogens with one attached hydrogen (secondary N) is 1. The van der Waals surface area contributed by atoms with E-state index in [0.29, 0.717) is 17.7 Å². The number of aryl methyl sites for hydroxylation is 1. The van der Waals surface area contributed by atoms with E-state index in [4.69, 9.17) is 5.73 Å². The van der Waals surface area contributed by atoms with Crippen molar-refractivity contribution < 1.29 is 13.2 Å². The topological polar surface area (TPSA) is 92.5 Å². The van der Waals surface area contributed by atoms with Crippen LogP contribution in [0.2, 0.25) is 0 Å². The number of anilines is 1. The minimum Gasteiger partial charge on any atom is -0.324 e. The van der Waals surface area contributed by atoms with Crippen LogP contribution in [0.5, 0.6) is 0 Å². The van der Waals surface area contributed by atoms with Crippen molar-refractivity contribution in [3.05, 3.63) is 23.8 Å². The zero-order chi connectivity index (χ0) is 16.4. The van der Waals surface area contributed by atoms with E-state index in [-0.39, 0.29) is 10.8 Å². The molecule has 0 saturated heterocycles. The van der Waals surface area contributed by atoms with Gasteiger partial charge in [-0.25, -0.2) is 12.7 Å². The molecule has 1 atom stereocenters. The summed E-state index contributed by atoms with van der Waals surface area (Å²) in [6.45, 7) is 5.16. The number of sulfonamides is 1. The Bertz CT molecular complexity index is 637. The average Bonchev–Trinajstić information content (AvgIpc) is 2.40. The number of hydrogen-bond donors (Lipinski definition) is 2. The highest BCUT2D eigenvalue weighted by molar-refractivity contribution is 7.89. The number of rotatable bonds is 5. The zero-order valence-corrected chi connectivity index (χ0v) is 13.9. The van der Waals surface area contributed by atoms with Crippen molar-refractivity contribution in [2.75, 3.05) is 19.4 Å². The normalized spacial score (nSPS) is 14.8. The number of nitrogens with two attached hydrogens (primary N) is 1. The lowest BCUT2D eigenvalue weighted by atomic mass is 9.99. The molecular weight excluding hydrogens is 290 g/mol. The monoisotopic (exact) mass is 313 g/mol. The molecule has 0 heterocycles. The van der Waals surface area contributed by atoms with Crippen molar-refractivity contribution >= 4 is 21.6 Å². The average molecular weight is 313 g/mol. The molecule has 3 N–H and O–H groups in total. The summed E-state index contributed by atoms with van der Waals surface area (Å²) in [5.41, 5.74) is 5.91. The number of benzene rings is 1. The number of carbonyl (C=O) groups is 1. The summed E-state index contributed by atoms with van der Waals surface area (Å²) >= 11 is 0. The molecular formula is C14H23N3O3S. The Hall–Kier alpha value is -1.44. The lowest BCUT2D eigenvalue weighted by Gasteiger charge is -2.22. The third kappa shape index (κ3) is 3.81. The molecule has 1 rings (SSSR count). The molecule has 0 aliphatic heterocycles. The first-order valence-electron chi connectivity index (χ1n) is 6.66. The van der Waals surface area contributed by atoms with Gasteiger partial charge in [-0.15, -0.1) is 0 Å². The van der Waals surface area contributed by atoms with Gasteiger partial charge < -0.3 is 11.1 Å².